The first-order chi connectivity index (χ1) is 9.76. The van der Waals surface area contributed by atoms with Gasteiger partial charge in [0.1, 0.15) is 0 Å². The van der Waals surface area contributed by atoms with E-state index in [1.54, 1.807) is 7.11 Å². The van der Waals surface area contributed by atoms with Crippen LogP contribution in [0.5, 0.6) is 0 Å². The first kappa shape index (κ1) is 15.5. The van der Waals surface area contributed by atoms with Crippen LogP contribution in [-0.4, -0.2) is 30.9 Å². The molecule has 0 saturated heterocycles. The molecule has 4 unspecified atom stereocenters. The van der Waals surface area contributed by atoms with E-state index in [2.05, 4.69) is 24.4 Å². The van der Waals surface area contributed by atoms with Crippen molar-refractivity contribution in [2.75, 3.05) is 13.7 Å². The number of aliphatic hydroxyl groups excluding tert-OH is 1. The maximum Gasteiger partial charge on any atom is 0.0971 e. The van der Waals surface area contributed by atoms with Crippen molar-refractivity contribution in [3.8, 4) is 0 Å². The number of hydrogen-bond donors (Lipinski definition) is 2. The Labute approximate surface area is 122 Å². The van der Waals surface area contributed by atoms with Crippen molar-refractivity contribution >= 4 is 0 Å². The van der Waals surface area contributed by atoms with Gasteiger partial charge in [0.2, 0.25) is 0 Å². The standard InChI is InChI=1S/C17H27NO2/c1-13(17(20-2)14-8-4-3-5-9-14)18-16-11-7-6-10-15(16)12-19/h3-5,8-9,13,15-19H,6-7,10-12H2,1-2H3. The molecule has 0 bridgehead atoms. The molecule has 3 nitrogen and oxygen atoms in total. The zero-order valence-electron chi connectivity index (χ0n) is 12.6. The summed E-state index contributed by atoms with van der Waals surface area (Å²) >= 11 is 0. The van der Waals surface area contributed by atoms with E-state index >= 15 is 0 Å². The molecular formula is C17H27NO2. The maximum atomic E-state index is 9.52. The minimum absolute atomic E-state index is 0.0532. The van der Waals surface area contributed by atoms with Crippen LogP contribution < -0.4 is 5.32 Å². The van der Waals surface area contributed by atoms with Gasteiger partial charge in [-0.2, -0.15) is 0 Å². The maximum absolute atomic E-state index is 9.52. The van der Waals surface area contributed by atoms with Gasteiger partial charge in [0, 0.05) is 25.8 Å². The molecule has 0 heterocycles. The molecule has 3 heteroatoms. The second-order valence-electron chi connectivity index (χ2n) is 5.86. The summed E-state index contributed by atoms with van der Waals surface area (Å²) in [5, 5.41) is 13.2. The Morgan fingerprint density at radius 2 is 1.95 bits per heavy atom. The smallest absolute Gasteiger partial charge is 0.0971 e. The van der Waals surface area contributed by atoms with Crippen molar-refractivity contribution in [3.05, 3.63) is 35.9 Å². The first-order valence-corrected chi connectivity index (χ1v) is 7.71. The third-order valence-corrected chi connectivity index (χ3v) is 4.46. The summed E-state index contributed by atoms with van der Waals surface area (Å²) in [6.45, 7) is 2.46. The van der Waals surface area contributed by atoms with E-state index in [9.17, 15) is 5.11 Å². The van der Waals surface area contributed by atoms with Gasteiger partial charge in [0.15, 0.2) is 0 Å². The van der Waals surface area contributed by atoms with Crippen LogP contribution in [0.1, 0.15) is 44.3 Å². The van der Waals surface area contributed by atoms with Crippen molar-refractivity contribution in [2.45, 2.75) is 50.8 Å². The highest BCUT2D eigenvalue weighted by atomic mass is 16.5. The minimum atomic E-state index is 0.0532. The Balaban J connectivity index is 2.00. The molecule has 2 N–H and O–H groups in total. The lowest BCUT2D eigenvalue weighted by Crippen LogP contribution is -2.46. The van der Waals surface area contributed by atoms with Crippen LogP contribution in [0.3, 0.4) is 0 Å². The lowest BCUT2D eigenvalue weighted by Gasteiger charge is -2.35. The molecule has 1 fully saturated rings. The van der Waals surface area contributed by atoms with E-state index in [1.165, 1.54) is 18.4 Å². The predicted octanol–water partition coefficient (Wildman–Crippen LogP) is 2.90. The van der Waals surface area contributed by atoms with Crippen LogP contribution in [0, 0.1) is 5.92 Å². The first-order valence-electron chi connectivity index (χ1n) is 7.71. The summed E-state index contributed by atoms with van der Waals surface area (Å²) in [6, 6.07) is 11.0. The van der Waals surface area contributed by atoms with Crippen molar-refractivity contribution in [3.63, 3.8) is 0 Å². The van der Waals surface area contributed by atoms with Crippen LogP contribution in [0.4, 0.5) is 0 Å². The molecule has 0 amide bonds. The van der Waals surface area contributed by atoms with Crippen LogP contribution in [0.25, 0.3) is 0 Å². The predicted molar refractivity (Wildman–Crippen MR) is 81.6 cm³/mol. The summed E-state index contributed by atoms with van der Waals surface area (Å²) in [6.07, 6.45) is 4.83. The number of benzene rings is 1. The Bertz CT molecular complexity index is 382. The van der Waals surface area contributed by atoms with Gasteiger partial charge in [-0.3, -0.25) is 0 Å². The number of nitrogens with one attached hydrogen (secondary N) is 1. The van der Waals surface area contributed by atoms with Gasteiger partial charge in [-0.1, -0.05) is 43.2 Å². The number of rotatable bonds is 6. The highest BCUT2D eigenvalue weighted by Gasteiger charge is 2.28. The lowest BCUT2D eigenvalue weighted by atomic mass is 9.84. The van der Waals surface area contributed by atoms with Crippen molar-refractivity contribution in [1.29, 1.82) is 0 Å². The molecule has 1 aromatic rings. The molecule has 1 aliphatic rings. The summed E-state index contributed by atoms with van der Waals surface area (Å²) in [5.41, 5.74) is 1.20. The monoisotopic (exact) mass is 277 g/mol. The average molecular weight is 277 g/mol. The number of ether oxygens (including phenoxy) is 1. The molecule has 0 spiro atoms. The van der Waals surface area contributed by atoms with Crippen molar-refractivity contribution in [1.82, 2.24) is 5.32 Å². The van der Waals surface area contributed by atoms with E-state index < -0.39 is 0 Å². The molecule has 1 aliphatic carbocycles. The fourth-order valence-electron chi connectivity index (χ4n) is 3.34. The van der Waals surface area contributed by atoms with Gasteiger partial charge in [0.25, 0.3) is 0 Å². The average Bonchev–Trinajstić information content (AvgIpc) is 2.49. The SMILES string of the molecule is COC(c1ccccc1)C(C)NC1CCCCC1CO. The zero-order chi connectivity index (χ0) is 14.4. The largest absolute Gasteiger partial charge is 0.396 e. The molecule has 112 valence electrons. The van der Waals surface area contributed by atoms with E-state index in [4.69, 9.17) is 4.74 Å². The summed E-state index contributed by atoms with van der Waals surface area (Å²) in [7, 11) is 1.76. The number of methoxy groups -OCH3 is 1. The van der Waals surface area contributed by atoms with Gasteiger partial charge < -0.3 is 15.2 Å². The number of hydrogen-bond acceptors (Lipinski definition) is 3. The van der Waals surface area contributed by atoms with Crippen LogP contribution >= 0.6 is 0 Å². The van der Waals surface area contributed by atoms with Gasteiger partial charge in [-0.15, -0.1) is 0 Å². The normalized spacial score (nSPS) is 26.1. The second-order valence-corrected chi connectivity index (χ2v) is 5.86. The topological polar surface area (TPSA) is 41.5 Å². The van der Waals surface area contributed by atoms with E-state index in [1.807, 2.05) is 18.2 Å². The molecular weight excluding hydrogens is 250 g/mol. The van der Waals surface area contributed by atoms with Crippen molar-refractivity contribution in [2.24, 2.45) is 5.92 Å². The molecule has 20 heavy (non-hydrogen) atoms. The third kappa shape index (κ3) is 3.81. The van der Waals surface area contributed by atoms with E-state index in [0.717, 1.165) is 12.8 Å². The Morgan fingerprint density at radius 3 is 2.60 bits per heavy atom. The zero-order valence-corrected chi connectivity index (χ0v) is 12.6. The summed E-state index contributed by atoms with van der Waals surface area (Å²) in [5.74, 6) is 0.388. The summed E-state index contributed by atoms with van der Waals surface area (Å²) < 4.78 is 5.68. The lowest BCUT2D eigenvalue weighted by molar-refractivity contribution is 0.0570. The highest BCUT2D eigenvalue weighted by molar-refractivity contribution is 5.19. The summed E-state index contributed by atoms with van der Waals surface area (Å²) in [4.78, 5) is 0. The van der Waals surface area contributed by atoms with Crippen molar-refractivity contribution < 1.29 is 9.84 Å². The van der Waals surface area contributed by atoms with Gasteiger partial charge in [-0.25, -0.2) is 0 Å². The molecule has 2 rings (SSSR count). The Hall–Kier alpha value is -0.900. The van der Waals surface area contributed by atoms with Crippen LogP contribution in [0.15, 0.2) is 30.3 Å². The Morgan fingerprint density at radius 1 is 1.25 bits per heavy atom. The molecule has 0 aliphatic heterocycles. The highest BCUT2D eigenvalue weighted by Crippen LogP contribution is 2.27. The minimum Gasteiger partial charge on any atom is -0.396 e. The van der Waals surface area contributed by atoms with Gasteiger partial charge in [-0.05, 0) is 31.2 Å². The molecule has 1 aromatic carbocycles. The Kier molecular flexibility index (Phi) is 6.02. The second kappa shape index (κ2) is 7.77. The fourth-order valence-corrected chi connectivity index (χ4v) is 3.34. The van der Waals surface area contributed by atoms with Gasteiger partial charge in [0.05, 0.1) is 6.10 Å². The fraction of sp³-hybridized carbons (Fsp3) is 0.647. The molecule has 0 radical (unpaired) electrons. The van der Waals surface area contributed by atoms with Crippen LogP contribution in [-0.2, 0) is 4.74 Å². The van der Waals surface area contributed by atoms with Gasteiger partial charge >= 0.3 is 0 Å². The number of aliphatic hydroxyl groups is 1. The van der Waals surface area contributed by atoms with Crippen LogP contribution in [0.2, 0.25) is 0 Å². The quantitative estimate of drug-likeness (QED) is 0.840. The van der Waals surface area contributed by atoms with E-state index in [-0.39, 0.29) is 18.8 Å². The molecule has 1 saturated carbocycles. The third-order valence-electron chi connectivity index (χ3n) is 4.46. The molecule has 4 atom stereocenters. The molecule has 0 aromatic heterocycles. The van der Waals surface area contributed by atoms with E-state index in [0.29, 0.717) is 12.0 Å².